The zero-order valence-corrected chi connectivity index (χ0v) is 5.59. The van der Waals surface area contributed by atoms with Gasteiger partial charge in [0.1, 0.15) is 12.2 Å². The maximum absolute atomic E-state index is 10.5. The summed E-state index contributed by atoms with van der Waals surface area (Å²) in [6.07, 6.45) is -0.0344. The van der Waals surface area contributed by atoms with E-state index in [2.05, 4.69) is 0 Å². The second-order valence-electron chi connectivity index (χ2n) is 2.25. The molecule has 0 aromatic rings. The van der Waals surface area contributed by atoms with Crippen molar-refractivity contribution in [3.05, 3.63) is 0 Å². The van der Waals surface area contributed by atoms with E-state index in [0.29, 0.717) is 0 Å². The Morgan fingerprint density at radius 3 is 2.09 bits per heavy atom. The Morgan fingerprint density at radius 2 is 1.91 bits per heavy atom. The van der Waals surface area contributed by atoms with Gasteiger partial charge in [-0.3, -0.25) is 19.3 Å². The molecule has 0 N–H and O–H groups in total. The topological polar surface area (TPSA) is 54.5 Å². The number of nitrogens with zero attached hydrogens (tertiary/aromatic N) is 1. The zero-order valence-electron chi connectivity index (χ0n) is 5.59. The van der Waals surface area contributed by atoms with E-state index < -0.39 is 0 Å². The maximum Gasteiger partial charge on any atom is 0.239 e. The van der Waals surface area contributed by atoms with Crippen molar-refractivity contribution in [2.75, 3.05) is 6.54 Å². The minimum Gasteiger partial charge on any atom is -0.298 e. The molecule has 1 heterocycles. The van der Waals surface area contributed by atoms with Crippen LogP contribution in [0.4, 0.5) is 0 Å². The standard InChI is InChI=1S/C6H7NO3.CH4/c1-4(8)3-7-5(9)2-6(7)10;/h2-3H2,1H3;1H4. The monoisotopic (exact) mass is 157 g/mol. The predicted octanol–water partition coefficient (Wildman–Crippen LogP) is -0.0296. The normalized spacial score (nSPS) is 15.5. The molecule has 1 rings (SSSR count). The Labute approximate surface area is 65.2 Å². The Morgan fingerprint density at radius 1 is 1.45 bits per heavy atom. The molecule has 0 aromatic heterocycles. The SMILES string of the molecule is C.CC(=O)CN1C(=O)CC1=O. The highest BCUT2D eigenvalue weighted by Crippen LogP contribution is 2.09. The summed E-state index contributed by atoms with van der Waals surface area (Å²) >= 11 is 0. The number of Topliss-reactive ketones (excluding diaryl/α,β-unsaturated/α-hetero) is 1. The molecule has 4 heteroatoms. The van der Waals surface area contributed by atoms with Gasteiger partial charge in [0, 0.05) is 0 Å². The average Bonchev–Trinajstić information content (AvgIpc) is 1.84. The number of amides is 2. The van der Waals surface area contributed by atoms with E-state index in [1.165, 1.54) is 6.92 Å². The molecule has 0 aromatic carbocycles. The van der Waals surface area contributed by atoms with Crippen molar-refractivity contribution in [2.45, 2.75) is 20.8 Å². The first-order valence-corrected chi connectivity index (χ1v) is 2.94. The highest BCUT2D eigenvalue weighted by Gasteiger charge is 2.34. The average molecular weight is 157 g/mol. The van der Waals surface area contributed by atoms with Gasteiger partial charge in [-0.1, -0.05) is 7.43 Å². The largest absolute Gasteiger partial charge is 0.298 e. The smallest absolute Gasteiger partial charge is 0.239 e. The van der Waals surface area contributed by atoms with Crippen LogP contribution in [0.3, 0.4) is 0 Å². The maximum atomic E-state index is 10.5. The zero-order chi connectivity index (χ0) is 7.72. The Balaban J connectivity index is 0.000001000. The highest BCUT2D eigenvalue weighted by atomic mass is 16.2. The molecule has 0 atom stereocenters. The quantitative estimate of drug-likeness (QED) is 0.418. The Hall–Kier alpha value is -1.19. The lowest BCUT2D eigenvalue weighted by Gasteiger charge is -2.26. The summed E-state index contributed by atoms with van der Waals surface area (Å²) in [5, 5.41) is 0. The van der Waals surface area contributed by atoms with Crippen LogP contribution < -0.4 is 0 Å². The molecule has 0 saturated carbocycles. The molecule has 2 amide bonds. The lowest BCUT2D eigenvalue weighted by Crippen LogP contribution is -2.50. The van der Waals surface area contributed by atoms with E-state index in [1.807, 2.05) is 0 Å². The van der Waals surface area contributed by atoms with Gasteiger partial charge in [-0.2, -0.15) is 0 Å². The number of hydrogen-bond donors (Lipinski definition) is 0. The fourth-order valence-electron chi connectivity index (χ4n) is 0.767. The molecule has 4 nitrogen and oxygen atoms in total. The Bertz CT molecular complexity index is 196. The third-order valence-corrected chi connectivity index (χ3v) is 1.29. The van der Waals surface area contributed by atoms with E-state index in [0.717, 1.165) is 4.90 Å². The van der Waals surface area contributed by atoms with E-state index in [1.54, 1.807) is 0 Å². The van der Waals surface area contributed by atoms with Crippen molar-refractivity contribution < 1.29 is 14.4 Å². The second kappa shape index (κ2) is 3.27. The number of ketones is 1. The molecule has 1 aliphatic heterocycles. The lowest BCUT2D eigenvalue weighted by molar-refractivity contribution is -0.159. The minimum atomic E-state index is -0.250. The third kappa shape index (κ3) is 1.86. The van der Waals surface area contributed by atoms with Crippen LogP contribution in [0.5, 0.6) is 0 Å². The van der Waals surface area contributed by atoms with Crippen molar-refractivity contribution in [3.63, 3.8) is 0 Å². The van der Waals surface area contributed by atoms with E-state index >= 15 is 0 Å². The van der Waals surface area contributed by atoms with Crippen molar-refractivity contribution >= 4 is 17.6 Å². The second-order valence-corrected chi connectivity index (χ2v) is 2.25. The van der Waals surface area contributed by atoms with Crippen LogP contribution in [0.1, 0.15) is 20.8 Å². The highest BCUT2D eigenvalue weighted by molar-refractivity contribution is 6.16. The van der Waals surface area contributed by atoms with Crippen LogP contribution in [0, 0.1) is 0 Å². The first kappa shape index (κ1) is 9.81. The van der Waals surface area contributed by atoms with Gasteiger partial charge in [0.15, 0.2) is 0 Å². The molecule has 0 bridgehead atoms. The number of imide groups is 1. The van der Waals surface area contributed by atoms with E-state index in [-0.39, 0.29) is 38.0 Å². The summed E-state index contributed by atoms with van der Waals surface area (Å²) in [5.74, 6) is -0.665. The molecule has 62 valence electrons. The lowest BCUT2D eigenvalue weighted by atomic mass is 10.2. The van der Waals surface area contributed by atoms with E-state index in [4.69, 9.17) is 0 Å². The number of likely N-dealkylation sites (tertiary alicyclic amines) is 1. The van der Waals surface area contributed by atoms with Gasteiger partial charge in [0.2, 0.25) is 11.8 Å². The summed E-state index contributed by atoms with van der Waals surface area (Å²) in [7, 11) is 0. The molecular formula is C7H11NO3. The summed E-state index contributed by atoms with van der Waals surface area (Å²) in [4.78, 5) is 32.4. The van der Waals surface area contributed by atoms with Crippen LogP contribution in [0.15, 0.2) is 0 Å². The molecule has 0 radical (unpaired) electrons. The molecule has 11 heavy (non-hydrogen) atoms. The van der Waals surface area contributed by atoms with Crippen LogP contribution in [-0.2, 0) is 14.4 Å². The number of carbonyl (C=O) groups excluding carboxylic acids is 3. The van der Waals surface area contributed by atoms with Crippen LogP contribution >= 0.6 is 0 Å². The van der Waals surface area contributed by atoms with Gasteiger partial charge in [0.25, 0.3) is 0 Å². The molecule has 0 spiro atoms. The van der Waals surface area contributed by atoms with Gasteiger partial charge in [0.05, 0.1) is 6.54 Å². The summed E-state index contributed by atoms with van der Waals surface area (Å²) in [5.41, 5.74) is 0. The van der Waals surface area contributed by atoms with Crippen molar-refractivity contribution in [2.24, 2.45) is 0 Å². The van der Waals surface area contributed by atoms with E-state index in [9.17, 15) is 14.4 Å². The number of hydrogen-bond acceptors (Lipinski definition) is 3. The molecule has 1 saturated heterocycles. The first-order chi connectivity index (χ1) is 4.61. The van der Waals surface area contributed by atoms with Crippen molar-refractivity contribution in [3.8, 4) is 0 Å². The molecule has 0 unspecified atom stereocenters. The van der Waals surface area contributed by atoms with Gasteiger partial charge >= 0.3 is 0 Å². The summed E-state index contributed by atoms with van der Waals surface area (Å²) in [6, 6.07) is 0. The molecule has 0 aliphatic carbocycles. The fraction of sp³-hybridized carbons (Fsp3) is 0.571. The van der Waals surface area contributed by atoms with Gasteiger partial charge in [-0.15, -0.1) is 0 Å². The molecule has 1 aliphatic rings. The minimum absolute atomic E-state index is 0. The van der Waals surface area contributed by atoms with Crippen molar-refractivity contribution in [1.82, 2.24) is 4.90 Å². The Kier molecular flexibility index (Phi) is 2.92. The van der Waals surface area contributed by atoms with Gasteiger partial charge in [-0.05, 0) is 6.92 Å². The third-order valence-electron chi connectivity index (χ3n) is 1.29. The van der Waals surface area contributed by atoms with Gasteiger partial charge in [-0.25, -0.2) is 0 Å². The number of β-lactam (4-membered cyclic amide) rings is 2. The first-order valence-electron chi connectivity index (χ1n) is 2.94. The molecular weight excluding hydrogens is 146 g/mol. The number of rotatable bonds is 2. The fourth-order valence-corrected chi connectivity index (χ4v) is 0.767. The van der Waals surface area contributed by atoms with Crippen molar-refractivity contribution in [1.29, 1.82) is 0 Å². The van der Waals surface area contributed by atoms with Crippen LogP contribution in [0.2, 0.25) is 0 Å². The van der Waals surface area contributed by atoms with Gasteiger partial charge < -0.3 is 0 Å². The predicted molar refractivity (Wildman–Crippen MR) is 38.7 cm³/mol. The van der Waals surface area contributed by atoms with Crippen LogP contribution in [0.25, 0.3) is 0 Å². The molecule has 1 fully saturated rings. The van der Waals surface area contributed by atoms with Crippen LogP contribution in [-0.4, -0.2) is 29.0 Å². The summed E-state index contributed by atoms with van der Waals surface area (Å²) in [6.45, 7) is 1.29. The summed E-state index contributed by atoms with van der Waals surface area (Å²) < 4.78 is 0. The number of carbonyl (C=O) groups is 3.